The Morgan fingerprint density at radius 3 is 1.05 bits per heavy atom. The highest BCUT2D eigenvalue weighted by Gasteiger charge is 2.56. The van der Waals surface area contributed by atoms with Gasteiger partial charge in [0.2, 0.25) is 5.91 Å². The molecule has 0 radical (unpaired) electrons. The molecule has 0 saturated heterocycles. The zero-order chi connectivity index (χ0) is 81.1. The van der Waals surface area contributed by atoms with Crippen LogP contribution in [0, 0.1) is 29.7 Å². The van der Waals surface area contributed by atoms with E-state index in [0.29, 0.717) is 66.4 Å². The number of carbonyl (C=O) groups excluding carboxylic acids is 7. The molecule has 9 aliphatic rings. The van der Waals surface area contributed by atoms with Crippen LogP contribution in [0.15, 0.2) is 218 Å². The molecule has 4 aliphatic heterocycles. The number of carboxylic acid groups (broad SMARTS) is 1. The normalized spacial score (nSPS) is 22.7. The third-order valence-corrected chi connectivity index (χ3v) is 22.8. The van der Waals surface area contributed by atoms with Gasteiger partial charge in [-0.2, -0.15) is 20.4 Å². The lowest BCUT2D eigenvalue weighted by Gasteiger charge is -2.22. The minimum absolute atomic E-state index is 0.0139. The lowest BCUT2D eigenvalue weighted by molar-refractivity contribution is -0.121. The number of benzene rings is 3. The van der Waals surface area contributed by atoms with Gasteiger partial charge >= 0.3 is 5.97 Å². The van der Waals surface area contributed by atoms with Crippen molar-refractivity contribution in [2.24, 2.45) is 29.4 Å². The minimum atomic E-state index is -1.01. The topological polar surface area (TPSA) is 398 Å². The molecule has 20 rings (SSSR count). The molecular formula is C88H85N20O9+. The number of anilines is 4. The molecule has 8 aromatic heterocycles. The van der Waals surface area contributed by atoms with Gasteiger partial charge in [-0.05, 0) is 161 Å². The fourth-order valence-corrected chi connectivity index (χ4v) is 16.3. The van der Waals surface area contributed by atoms with Crippen LogP contribution in [0.3, 0.4) is 0 Å². The Hall–Kier alpha value is -14.1. The Balaban J connectivity index is 0.000000112. The van der Waals surface area contributed by atoms with Gasteiger partial charge in [0.1, 0.15) is 70.6 Å². The first kappa shape index (κ1) is 76.9. The van der Waals surface area contributed by atoms with Crippen LogP contribution in [0.1, 0.15) is 153 Å². The highest BCUT2D eigenvalue weighted by molar-refractivity contribution is 6.05. The Morgan fingerprint density at radius 2 is 0.726 bits per heavy atom. The van der Waals surface area contributed by atoms with Gasteiger partial charge in [-0.15, -0.1) is 0 Å². The Kier molecular flexibility index (Phi) is 21.8. The molecule has 29 heteroatoms. The van der Waals surface area contributed by atoms with Gasteiger partial charge in [-0.1, -0.05) is 115 Å². The molecule has 12 atom stereocenters. The van der Waals surface area contributed by atoms with Crippen molar-refractivity contribution in [2.45, 2.75) is 99.2 Å². The first-order valence-corrected chi connectivity index (χ1v) is 38.9. The molecule has 11 aromatic rings. The molecule has 3 aromatic carbocycles. The number of hydrogen-bond acceptors (Lipinski definition) is 17. The van der Waals surface area contributed by atoms with Crippen LogP contribution >= 0.6 is 0 Å². The van der Waals surface area contributed by atoms with Crippen molar-refractivity contribution in [1.82, 2.24) is 76.7 Å². The monoisotopic (exact) mass is 1570 g/mol. The maximum Gasteiger partial charge on any atom is 0.356 e. The van der Waals surface area contributed by atoms with Gasteiger partial charge in [-0.25, -0.2) is 24.7 Å². The van der Waals surface area contributed by atoms with Crippen LogP contribution in [0.2, 0.25) is 0 Å². The third kappa shape index (κ3) is 16.8. The predicted molar refractivity (Wildman–Crippen MR) is 434 cm³/mol. The smallest absolute Gasteiger partial charge is 0.356 e. The molecule has 4 saturated carbocycles. The van der Waals surface area contributed by atoms with Gasteiger partial charge in [0.05, 0.1) is 23.8 Å². The number of carboxylic acids is 1. The number of H-pyrrole nitrogens is 4. The number of likely N-dealkylation sites (N-methyl/N-ethyl adjacent to an activating group) is 4. The number of nitrogens with one attached hydrogen (secondary N) is 7. The summed E-state index contributed by atoms with van der Waals surface area (Å²) in [5.41, 5.74) is 19.1. The minimum Gasteiger partial charge on any atom is -0.476 e. The van der Waals surface area contributed by atoms with E-state index in [-0.39, 0.29) is 94.3 Å². The molecule has 12 heterocycles. The SMILES string of the molecule is CN1C(=O)[C@@H](N)C2C[C@H]2c2cccnc21.CN1C(=O)[C@@H](NC(=O)c2cc(CC3=CC=[C+]C=C3)[nH]n2)C2C[C@H]2c2cccnc21.CN1C(=O)[C@@H](NC(=O)c2cc(Cc3ccccc3)[nH]n2)C2C[C@H]2c2cccnc21.CN1C(=O)[C@H](NC(=O)c2cc(Cc3ccccc3)[nH]n2)[C@@H]2C[C@@H]2c2cccnc21.O=C(O)c1cc(Cc2ccccc2)[nH]n1. The van der Waals surface area contributed by atoms with Crippen molar-refractivity contribution in [2.75, 3.05) is 47.8 Å². The van der Waals surface area contributed by atoms with Crippen molar-refractivity contribution < 1.29 is 43.5 Å². The summed E-state index contributed by atoms with van der Waals surface area (Å²) in [6.45, 7) is 0. The van der Waals surface area contributed by atoms with E-state index in [0.717, 1.165) is 93.2 Å². The largest absolute Gasteiger partial charge is 0.476 e. The molecule has 4 fully saturated rings. The number of nitrogens with zero attached hydrogens (tertiary/aromatic N) is 12. The van der Waals surface area contributed by atoms with Crippen LogP contribution in [0.5, 0.6) is 0 Å². The number of nitrogens with two attached hydrogens (primary N) is 1. The maximum absolute atomic E-state index is 13.0. The summed E-state index contributed by atoms with van der Waals surface area (Å²) in [7, 11) is 6.88. The van der Waals surface area contributed by atoms with Crippen LogP contribution in [0.25, 0.3) is 0 Å². The van der Waals surface area contributed by atoms with E-state index in [1.165, 1.54) is 5.56 Å². The fraction of sp³-hybridized carbons (Fsp3) is 0.273. The van der Waals surface area contributed by atoms with Crippen molar-refractivity contribution in [3.63, 3.8) is 0 Å². The highest BCUT2D eigenvalue weighted by atomic mass is 16.4. The molecule has 0 spiro atoms. The molecule has 7 amide bonds. The molecule has 117 heavy (non-hydrogen) atoms. The number of amides is 7. The summed E-state index contributed by atoms with van der Waals surface area (Å²) < 4.78 is 0. The first-order valence-electron chi connectivity index (χ1n) is 38.9. The molecule has 0 bridgehead atoms. The van der Waals surface area contributed by atoms with E-state index in [4.69, 9.17) is 10.8 Å². The van der Waals surface area contributed by atoms with Gasteiger partial charge in [0.15, 0.2) is 5.69 Å². The Morgan fingerprint density at radius 1 is 0.419 bits per heavy atom. The molecule has 29 nitrogen and oxygen atoms in total. The standard InChI is InChI=1S/2C22H21N5O2.C22H19N5O2.C11H13N3O.C11H10N2O2/c3*1-27-20-15(8-5-9-23-20)16-12-17(16)19(22(27)29)24-21(28)18-11-14(25-26-18)10-13-6-3-2-4-7-13;1-14-10-6(3-2-4-13-10)7-5-8(7)9(12)11(14)15;14-11(15)10-7-9(12-13-10)6-8-4-2-1-3-5-8/h2*2-9,11,16-17,19H,10,12H2,1H3,(H,24,28)(H,25,26);3-9,11,16-17,19H,10,12H2,1H3,(H-,24,25,26,28);2-4,7-9H,5,12H2,1H3;1-5,7H,6H2,(H,12,13)(H,14,15)/p+1/t16-,17?,19-;16-,17-,19-;16-,17?,19-;7-,8?,9-;/m0100./s1. The molecule has 5 aliphatic carbocycles. The molecule has 590 valence electrons. The summed E-state index contributed by atoms with van der Waals surface area (Å²) >= 11 is 0. The zero-order valence-electron chi connectivity index (χ0n) is 64.4. The second kappa shape index (κ2) is 33.2. The van der Waals surface area contributed by atoms with Crippen LogP contribution in [-0.2, 0) is 44.9 Å². The van der Waals surface area contributed by atoms with E-state index in [2.05, 4.69) is 88.8 Å². The molecular weight excluding hydrogens is 1480 g/mol. The molecule has 3 unspecified atom stereocenters. The zero-order valence-corrected chi connectivity index (χ0v) is 64.4. The Bertz CT molecular complexity index is 5510. The number of fused-ring (bicyclic) bond motifs is 12. The number of aromatic amines is 4. The fourth-order valence-electron chi connectivity index (χ4n) is 16.3. The number of carbonyl (C=O) groups is 8. The van der Waals surface area contributed by atoms with E-state index >= 15 is 0 Å². The number of aromatic carboxylic acids is 1. The van der Waals surface area contributed by atoms with Gasteiger partial charge < -0.3 is 26.8 Å². The van der Waals surface area contributed by atoms with E-state index < -0.39 is 24.1 Å². The number of aromatic nitrogens is 12. The number of hydrogen-bond donors (Lipinski definition) is 9. The molecule has 10 N–H and O–H groups in total. The summed E-state index contributed by atoms with van der Waals surface area (Å²) in [6, 6.07) is 50.2. The van der Waals surface area contributed by atoms with E-state index in [1.54, 1.807) is 96.8 Å². The van der Waals surface area contributed by atoms with Crippen molar-refractivity contribution in [3.8, 4) is 0 Å². The second-order valence-corrected chi connectivity index (χ2v) is 30.6. The summed E-state index contributed by atoms with van der Waals surface area (Å²) in [4.78, 5) is 124. The summed E-state index contributed by atoms with van der Waals surface area (Å²) in [6.07, 6.45) is 23.7. The first-order chi connectivity index (χ1) is 56.8. The number of pyridine rings is 4. The van der Waals surface area contributed by atoms with E-state index in [1.807, 2.05) is 158 Å². The summed E-state index contributed by atoms with van der Waals surface area (Å²) in [5, 5.41) is 45.0. The van der Waals surface area contributed by atoms with E-state index in [9.17, 15) is 38.4 Å². The van der Waals surface area contributed by atoms with Crippen molar-refractivity contribution in [1.29, 1.82) is 0 Å². The average Bonchev–Trinajstić information content (AvgIpc) is 1.61. The third-order valence-electron chi connectivity index (χ3n) is 22.8. The Labute approximate surface area is 672 Å². The van der Waals surface area contributed by atoms with Crippen molar-refractivity contribution in [3.05, 3.63) is 309 Å². The lowest BCUT2D eigenvalue weighted by atomic mass is 10.1. The van der Waals surface area contributed by atoms with Gasteiger partial charge in [0.25, 0.3) is 35.4 Å². The lowest BCUT2D eigenvalue weighted by Crippen LogP contribution is -2.48. The van der Waals surface area contributed by atoms with Crippen molar-refractivity contribution >= 4 is 70.6 Å². The van der Waals surface area contributed by atoms with Gasteiger partial charge in [0, 0.05) is 108 Å². The second-order valence-electron chi connectivity index (χ2n) is 30.6. The van der Waals surface area contributed by atoms with Gasteiger partial charge in [-0.3, -0.25) is 73.6 Å². The highest BCUT2D eigenvalue weighted by Crippen LogP contribution is 2.57. The maximum atomic E-state index is 13.0. The average molecular weight is 1570 g/mol. The van der Waals surface area contributed by atoms with Crippen LogP contribution in [0.4, 0.5) is 23.3 Å². The summed E-state index contributed by atoms with van der Waals surface area (Å²) in [5.74, 6) is 2.21. The quantitative estimate of drug-likeness (QED) is 0.0433. The number of rotatable bonds is 15. The van der Waals surface area contributed by atoms with Crippen LogP contribution < -0.4 is 41.3 Å². The number of allylic oxidation sites excluding steroid dienone is 6. The predicted octanol–water partition coefficient (Wildman–Crippen LogP) is 8.82. The van der Waals surface area contributed by atoms with Crippen LogP contribution in [-0.4, -0.2) is 166 Å².